The van der Waals surface area contributed by atoms with E-state index in [4.69, 9.17) is 0 Å². The van der Waals surface area contributed by atoms with Gasteiger partial charge in [-0.15, -0.1) is 0 Å². The summed E-state index contributed by atoms with van der Waals surface area (Å²) in [6, 6.07) is 0. The van der Waals surface area contributed by atoms with Gasteiger partial charge in [-0.05, 0) is 87.9 Å². The van der Waals surface area contributed by atoms with E-state index in [1.807, 2.05) is 4.90 Å². The highest BCUT2D eigenvalue weighted by atomic mass is 16.2. The summed E-state index contributed by atoms with van der Waals surface area (Å²) in [6.45, 7) is 3.98. The zero-order valence-corrected chi connectivity index (χ0v) is 15.6. The monoisotopic (exact) mass is 344 g/mol. The Morgan fingerprint density at radius 1 is 1.00 bits per heavy atom. The van der Waals surface area contributed by atoms with Crippen LogP contribution in [-0.2, 0) is 9.59 Å². The predicted octanol–water partition coefficient (Wildman–Crippen LogP) is 3.28. The van der Waals surface area contributed by atoms with Gasteiger partial charge in [0.25, 0.3) is 0 Å². The van der Waals surface area contributed by atoms with Crippen molar-refractivity contribution < 1.29 is 9.59 Å². The number of likely N-dealkylation sites (tertiary alicyclic amines) is 1. The molecule has 4 nitrogen and oxygen atoms in total. The van der Waals surface area contributed by atoms with Gasteiger partial charge in [0.15, 0.2) is 0 Å². The summed E-state index contributed by atoms with van der Waals surface area (Å²) >= 11 is 0. The Kier molecular flexibility index (Phi) is 4.63. The van der Waals surface area contributed by atoms with Gasteiger partial charge in [0.2, 0.25) is 11.8 Å². The molecular weight excluding hydrogens is 312 g/mol. The molecule has 4 saturated carbocycles. The smallest absolute Gasteiger partial charge is 0.244 e. The molecule has 1 N–H and O–H groups in total. The van der Waals surface area contributed by atoms with Crippen molar-refractivity contribution in [2.24, 2.45) is 23.2 Å². The molecule has 5 rings (SSSR count). The lowest BCUT2D eigenvalue weighted by molar-refractivity contribution is -0.132. The minimum atomic E-state index is -0.0846. The molecule has 5 fully saturated rings. The van der Waals surface area contributed by atoms with Crippen LogP contribution in [0.3, 0.4) is 0 Å². The van der Waals surface area contributed by atoms with Gasteiger partial charge in [-0.2, -0.15) is 0 Å². The number of nitrogens with zero attached hydrogens (tertiary/aromatic N) is 1. The highest BCUT2D eigenvalue weighted by Crippen LogP contribution is 2.62. The van der Waals surface area contributed by atoms with E-state index in [1.54, 1.807) is 6.08 Å². The molecule has 0 unspecified atom stereocenters. The van der Waals surface area contributed by atoms with E-state index >= 15 is 0 Å². The molecule has 1 aliphatic heterocycles. The second kappa shape index (κ2) is 6.77. The number of carbonyl (C=O) groups is 2. The maximum absolute atomic E-state index is 12.4. The Hall–Kier alpha value is -1.32. The third-order valence-electron chi connectivity index (χ3n) is 7.34. The summed E-state index contributed by atoms with van der Waals surface area (Å²) in [5, 5.41) is 2.84. The molecule has 4 heteroatoms. The molecule has 0 spiro atoms. The van der Waals surface area contributed by atoms with Gasteiger partial charge in [0.05, 0.1) is 6.54 Å². The topological polar surface area (TPSA) is 49.4 Å². The standard InChI is InChI=1S/C21H32N2O2/c1-15(21-11-16-8-17(12-21)10-18(9-16)13-21)7-19(24)22-14-20(25)23-5-3-2-4-6-23/h7,16-18H,2-6,8-14H2,1H3,(H,22,24)/b15-7-. The molecule has 0 radical (unpaired) electrons. The summed E-state index contributed by atoms with van der Waals surface area (Å²) < 4.78 is 0. The molecule has 138 valence electrons. The van der Waals surface area contributed by atoms with Crippen molar-refractivity contribution in [3.63, 3.8) is 0 Å². The molecule has 1 heterocycles. The number of allylic oxidation sites excluding steroid dienone is 1. The molecule has 0 aromatic rings. The van der Waals surface area contributed by atoms with Gasteiger partial charge in [0.1, 0.15) is 0 Å². The molecule has 0 aromatic carbocycles. The fraction of sp³-hybridized carbons (Fsp3) is 0.810. The van der Waals surface area contributed by atoms with Crippen LogP contribution in [-0.4, -0.2) is 36.3 Å². The van der Waals surface area contributed by atoms with E-state index in [1.165, 1.54) is 50.5 Å². The quantitative estimate of drug-likeness (QED) is 0.796. The summed E-state index contributed by atoms with van der Waals surface area (Å²) in [4.78, 5) is 26.5. The first-order valence-corrected chi connectivity index (χ1v) is 10.3. The van der Waals surface area contributed by atoms with Crippen LogP contribution in [0.1, 0.15) is 64.7 Å². The maximum atomic E-state index is 12.4. The van der Waals surface area contributed by atoms with Crippen LogP contribution in [0, 0.1) is 23.2 Å². The van der Waals surface area contributed by atoms with Gasteiger partial charge in [-0.1, -0.05) is 5.57 Å². The zero-order chi connectivity index (χ0) is 17.4. The highest BCUT2D eigenvalue weighted by Gasteiger charge is 2.51. The first kappa shape index (κ1) is 17.1. The molecule has 5 aliphatic rings. The second-order valence-corrected chi connectivity index (χ2v) is 9.18. The van der Waals surface area contributed by atoms with Crippen LogP contribution >= 0.6 is 0 Å². The lowest BCUT2D eigenvalue weighted by Crippen LogP contribution is -2.47. The Labute approximate surface area is 151 Å². The SMILES string of the molecule is C/C(=C/C(=O)NCC(=O)N1CCCCC1)C12CC3CC(CC(C3)C1)C2. The van der Waals surface area contributed by atoms with Gasteiger partial charge < -0.3 is 10.2 Å². The van der Waals surface area contributed by atoms with Crippen molar-refractivity contribution in [3.05, 3.63) is 11.6 Å². The van der Waals surface area contributed by atoms with Crippen LogP contribution in [0.15, 0.2) is 11.6 Å². The third-order valence-corrected chi connectivity index (χ3v) is 7.34. The minimum Gasteiger partial charge on any atom is -0.343 e. The minimum absolute atomic E-state index is 0.0638. The summed E-state index contributed by atoms with van der Waals surface area (Å²) in [5.74, 6) is 2.64. The van der Waals surface area contributed by atoms with E-state index in [0.29, 0.717) is 0 Å². The van der Waals surface area contributed by atoms with Crippen molar-refractivity contribution >= 4 is 11.8 Å². The normalized spacial score (nSPS) is 37.2. The first-order valence-electron chi connectivity index (χ1n) is 10.3. The third kappa shape index (κ3) is 3.50. The van der Waals surface area contributed by atoms with Crippen molar-refractivity contribution in [1.29, 1.82) is 0 Å². The lowest BCUT2D eigenvalue weighted by atomic mass is 9.48. The molecule has 0 atom stereocenters. The van der Waals surface area contributed by atoms with Gasteiger partial charge in [-0.3, -0.25) is 9.59 Å². The molecule has 4 aliphatic carbocycles. The fourth-order valence-corrected chi connectivity index (χ4v) is 6.41. The second-order valence-electron chi connectivity index (χ2n) is 9.18. The number of amides is 2. The van der Waals surface area contributed by atoms with Gasteiger partial charge >= 0.3 is 0 Å². The number of hydrogen-bond donors (Lipinski definition) is 1. The number of rotatable bonds is 4. The molecule has 1 saturated heterocycles. The molecular formula is C21H32N2O2. The van der Waals surface area contributed by atoms with Gasteiger partial charge in [-0.25, -0.2) is 0 Å². The largest absolute Gasteiger partial charge is 0.343 e. The number of piperidine rings is 1. The number of hydrogen-bond acceptors (Lipinski definition) is 2. The van der Waals surface area contributed by atoms with Crippen LogP contribution in [0.2, 0.25) is 0 Å². The van der Waals surface area contributed by atoms with Crippen LogP contribution < -0.4 is 5.32 Å². The molecule has 2 amide bonds. The van der Waals surface area contributed by atoms with Crippen LogP contribution in [0.25, 0.3) is 0 Å². The number of nitrogens with one attached hydrogen (secondary N) is 1. The van der Waals surface area contributed by atoms with E-state index in [-0.39, 0.29) is 23.8 Å². The van der Waals surface area contributed by atoms with E-state index in [0.717, 1.165) is 43.7 Å². The average Bonchev–Trinajstić information content (AvgIpc) is 2.59. The Balaban J connectivity index is 1.34. The highest BCUT2D eigenvalue weighted by molar-refractivity contribution is 5.91. The van der Waals surface area contributed by atoms with Crippen molar-refractivity contribution in [2.45, 2.75) is 64.7 Å². The molecule has 25 heavy (non-hydrogen) atoms. The summed E-state index contributed by atoms with van der Waals surface area (Å²) in [6.07, 6.45) is 13.3. The Morgan fingerprint density at radius 2 is 1.56 bits per heavy atom. The van der Waals surface area contributed by atoms with Crippen LogP contribution in [0.5, 0.6) is 0 Å². The fourth-order valence-electron chi connectivity index (χ4n) is 6.41. The van der Waals surface area contributed by atoms with E-state index < -0.39 is 0 Å². The summed E-state index contributed by atoms with van der Waals surface area (Å²) in [5.41, 5.74) is 1.54. The first-order chi connectivity index (χ1) is 12.0. The maximum Gasteiger partial charge on any atom is 0.244 e. The molecule has 4 bridgehead atoms. The predicted molar refractivity (Wildman–Crippen MR) is 97.8 cm³/mol. The van der Waals surface area contributed by atoms with Gasteiger partial charge in [0, 0.05) is 19.2 Å². The number of carbonyl (C=O) groups excluding carboxylic acids is 2. The molecule has 0 aromatic heterocycles. The zero-order valence-electron chi connectivity index (χ0n) is 15.6. The average molecular weight is 344 g/mol. The van der Waals surface area contributed by atoms with Crippen molar-refractivity contribution in [1.82, 2.24) is 10.2 Å². The van der Waals surface area contributed by atoms with Crippen molar-refractivity contribution in [3.8, 4) is 0 Å². The Morgan fingerprint density at radius 3 is 2.12 bits per heavy atom. The summed E-state index contributed by atoms with van der Waals surface area (Å²) in [7, 11) is 0. The van der Waals surface area contributed by atoms with E-state index in [2.05, 4.69) is 12.2 Å². The van der Waals surface area contributed by atoms with Crippen molar-refractivity contribution in [2.75, 3.05) is 19.6 Å². The van der Waals surface area contributed by atoms with Crippen LogP contribution in [0.4, 0.5) is 0 Å². The lowest BCUT2D eigenvalue weighted by Gasteiger charge is -2.57. The Bertz CT molecular complexity index is 539. The van der Waals surface area contributed by atoms with E-state index in [9.17, 15) is 9.59 Å².